The predicted octanol–water partition coefficient (Wildman–Crippen LogP) is 7.06. The smallest absolute Gasteiger partial charge is 0.338 e. The molecule has 3 aromatic rings. The second-order valence-corrected chi connectivity index (χ2v) is 11.4. The third-order valence-corrected chi connectivity index (χ3v) is 8.77. The number of carbonyl (C=O) groups excluding carboxylic acids is 2. The van der Waals surface area contributed by atoms with Gasteiger partial charge in [-0.15, -0.1) is 0 Å². The van der Waals surface area contributed by atoms with Crippen LogP contribution >= 0.6 is 11.9 Å². The molecule has 6 nitrogen and oxygen atoms in total. The maximum absolute atomic E-state index is 14.4. The lowest BCUT2D eigenvalue weighted by Crippen LogP contribution is -2.38. The maximum Gasteiger partial charge on any atom is 0.338 e. The molecule has 1 amide bonds. The number of cyclic esters (lactones) is 1. The van der Waals surface area contributed by atoms with E-state index in [1.54, 1.807) is 25.1 Å². The molecule has 2 aromatic carbocycles. The van der Waals surface area contributed by atoms with E-state index in [9.17, 15) is 31.5 Å². The molecule has 1 aromatic heterocycles. The Labute approximate surface area is 244 Å². The van der Waals surface area contributed by atoms with Crippen LogP contribution in [0.2, 0.25) is 0 Å². The number of aromatic nitrogens is 1. The van der Waals surface area contributed by atoms with E-state index < -0.39 is 52.4 Å². The predicted molar refractivity (Wildman–Crippen MR) is 146 cm³/mol. The quantitative estimate of drug-likeness (QED) is 0.0856. The number of esters is 1. The summed E-state index contributed by atoms with van der Waals surface area (Å²) in [6, 6.07) is 8.66. The number of hydrogen-bond acceptors (Lipinski definition) is 6. The normalized spacial score (nSPS) is 15.2. The van der Waals surface area contributed by atoms with Crippen molar-refractivity contribution in [2.45, 2.75) is 63.0 Å². The molecule has 0 spiro atoms. The zero-order chi connectivity index (χ0) is 30.0. The average Bonchev–Trinajstić information content (AvgIpc) is 3.39. The van der Waals surface area contributed by atoms with Crippen LogP contribution in [0.4, 0.5) is 27.6 Å². The van der Waals surface area contributed by atoms with Crippen molar-refractivity contribution in [1.29, 1.82) is 0 Å². The number of ether oxygens (including phenoxy) is 1. The monoisotopic (exact) mass is 605 g/mol. The van der Waals surface area contributed by atoms with Crippen LogP contribution < -0.4 is 4.90 Å². The van der Waals surface area contributed by atoms with Gasteiger partial charge in [-0.3, -0.25) is 9.78 Å². The van der Waals surface area contributed by atoms with Crippen LogP contribution in [0.1, 0.15) is 72.1 Å². The molecule has 12 heteroatoms. The van der Waals surface area contributed by atoms with Crippen LogP contribution in [0.15, 0.2) is 41.4 Å². The minimum Gasteiger partial charge on any atom is -0.457 e. The Morgan fingerprint density at radius 3 is 2.31 bits per heavy atom. The first kappa shape index (κ1) is 30.0. The van der Waals surface area contributed by atoms with E-state index in [4.69, 9.17) is 4.74 Å². The van der Waals surface area contributed by atoms with Crippen molar-refractivity contribution in [2.75, 3.05) is 18.0 Å². The highest BCUT2D eigenvalue weighted by Gasteiger charge is 2.30. The molecule has 0 atom stereocenters. The fourth-order valence-corrected chi connectivity index (χ4v) is 6.12. The van der Waals surface area contributed by atoms with Crippen molar-refractivity contribution in [3.63, 3.8) is 0 Å². The Bertz CT molecular complexity index is 1470. The van der Waals surface area contributed by atoms with E-state index in [2.05, 4.69) is 4.98 Å². The first-order valence-electron chi connectivity index (χ1n) is 13.7. The number of amides is 1. The molecule has 0 saturated heterocycles. The van der Waals surface area contributed by atoms with Crippen molar-refractivity contribution in [3.05, 3.63) is 88.0 Å². The molecule has 222 valence electrons. The summed E-state index contributed by atoms with van der Waals surface area (Å²) in [7, 11) is 0. The van der Waals surface area contributed by atoms with Gasteiger partial charge < -0.3 is 9.64 Å². The number of anilines is 1. The number of halogens is 5. The number of benzene rings is 2. The number of fused-ring (bicyclic) bond motifs is 1. The van der Waals surface area contributed by atoms with Crippen molar-refractivity contribution in [1.82, 2.24) is 9.29 Å². The van der Waals surface area contributed by atoms with Crippen molar-refractivity contribution < 1.29 is 36.3 Å². The van der Waals surface area contributed by atoms with Crippen LogP contribution in [0.25, 0.3) is 0 Å². The Morgan fingerprint density at radius 1 is 0.976 bits per heavy atom. The van der Waals surface area contributed by atoms with E-state index >= 15 is 0 Å². The van der Waals surface area contributed by atoms with Gasteiger partial charge >= 0.3 is 5.97 Å². The topological polar surface area (TPSA) is 62.7 Å². The highest BCUT2D eigenvalue weighted by atomic mass is 32.2. The molecule has 0 bridgehead atoms. The number of pyridine rings is 1. The summed E-state index contributed by atoms with van der Waals surface area (Å²) in [6.07, 6.45) is 7.62. The molecule has 0 radical (unpaired) electrons. The van der Waals surface area contributed by atoms with Gasteiger partial charge in [-0.05, 0) is 60.5 Å². The Hall–Kier alpha value is -3.51. The van der Waals surface area contributed by atoms with Crippen LogP contribution in [0.3, 0.4) is 0 Å². The van der Waals surface area contributed by atoms with Gasteiger partial charge in [0.05, 0.1) is 24.3 Å². The van der Waals surface area contributed by atoms with Gasteiger partial charge in [-0.25, -0.2) is 31.1 Å². The first-order valence-corrected chi connectivity index (χ1v) is 14.4. The molecule has 2 heterocycles. The Kier molecular flexibility index (Phi) is 9.12. The molecular weight excluding hydrogens is 577 g/mol. The second kappa shape index (κ2) is 12.8. The summed E-state index contributed by atoms with van der Waals surface area (Å²) in [5, 5.41) is 0. The number of carbonyl (C=O) groups is 2. The highest BCUT2D eigenvalue weighted by Crippen LogP contribution is 2.34. The lowest BCUT2D eigenvalue weighted by molar-refractivity contribution is -0.118. The summed E-state index contributed by atoms with van der Waals surface area (Å²) >= 11 is 0.273. The first-order chi connectivity index (χ1) is 20.2. The van der Waals surface area contributed by atoms with Gasteiger partial charge in [0.25, 0.3) is 0 Å². The van der Waals surface area contributed by atoms with Crippen molar-refractivity contribution in [2.24, 2.45) is 0 Å². The lowest BCUT2D eigenvalue weighted by Gasteiger charge is -2.27. The minimum atomic E-state index is -2.25. The molecule has 2 aliphatic rings. The van der Waals surface area contributed by atoms with E-state index in [-0.39, 0.29) is 31.6 Å². The van der Waals surface area contributed by atoms with Crippen molar-refractivity contribution in [3.8, 4) is 0 Å². The van der Waals surface area contributed by atoms with Crippen molar-refractivity contribution >= 4 is 29.5 Å². The van der Waals surface area contributed by atoms with Gasteiger partial charge in [0.15, 0.2) is 23.3 Å². The third kappa shape index (κ3) is 6.14. The number of nitrogens with zero attached hydrogens (tertiary/aromatic N) is 3. The summed E-state index contributed by atoms with van der Waals surface area (Å²) in [4.78, 5) is 30.6. The van der Waals surface area contributed by atoms with Gasteiger partial charge in [-0.1, -0.05) is 32.3 Å². The van der Waals surface area contributed by atoms with Crippen LogP contribution in [0.5, 0.6) is 0 Å². The SMILES string of the molecule is CCN(CC(=O)N(Cc1ccc(C2CCCCC2)cn1)c1ccc2c(c1)COC2=O)Sc1c(F)c(F)c(F)c(F)c1F. The van der Waals surface area contributed by atoms with E-state index in [0.717, 1.165) is 18.4 Å². The molecule has 5 rings (SSSR count). The van der Waals surface area contributed by atoms with Gasteiger partial charge in [0.2, 0.25) is 11.7 Å². The molecule has 0 N–H and O–H groups in total. The molecule has 0 unspecified atom stereocenters. The number of rotatable bonds is 9. The Morgan fingerprint density at radius 2 is 1.67 bits per heavy atom. The molecule has 1 saturated carbocycles. The molecule has 1 aliphatic heterocycles. The van der Waals surface area contributed by atoms with Crippen LogP contribution in [-0.4, -0.2) is 34.3 Å². The summed E-state index contributed by atoms with van der Waals surface area (Å²) in [5.41, 5.74) is 3.15. The fraction of sp³-hybridized carbons (Fsp3) is 0.367. The summed E-state index contributed by atoms with van der Waals surface area (Å²) in [5.74, 6) is -10.8. The van der Waals surface area contributed by atoms with Gasteiger partial charge in [0, 0.05) is 24.0 Å². The fourth-order valence-electron chi connectivity index (χ4n) is 5.22. The van der Waals surface area contributed by atoms with Crippen LogP contribution in [0, 0.1) is 29.1 Å². The van der Waals surface area contributed by atoms with Crippen LogP contribution in [-0.2, 0) is 22.7 Å². The van der Waals surface area contributed by atoms with E-state index in [1.807, 2.05) is 18.3 Å². The van der Waals surface area contributed by atoms with E-state index in [1.165, 1.54) is 28.5 Å². The average molecular weight is 606 g/mol. The standard InChI is InChI=1S/C30H28F5N3O3S/c1-2-37(42-29-27(34)25(32)24(31)26(33)28(29)35)15-23(39)38(21-10-11-22-19(12-21)16-41-30(22)40)14-20-9-8-18(13-36-20)17-6-4-3-5-7-17/h8-13,17H,2-7,14-16H2,1H3. The zero-order valence-corrected chi connectivity index (χ0v) is 23.6. The second-order valence-electron chi connectivity index (χ2n) is 10.3. The van der Waals surface area contributed by atoms with E-state index in [0.29, 0.717) is 28.4 Å². The third-order valence-electron chi connectivity index (χ3n) is 7.58. The lowest BCUT2D eigenvalue weighted by atomic mass is 9.85. The largest absolute Gasteiger partial charge is 0.457 e. The minimum absolute atomic E-state index is 0.0438. The maximum atomic E-state index is 14.4. The Balaban J connectivity index is 1.40. The highest BCUT2D eigenvalue weighted by molar-refractivity contribution is 7.97. The van der Waals surface area contributed by atoms with Gasteiger partial charge in [0.1, 0.15) is 11.5 Å². The number of likely N-dealkylation sites (N-methyl/N-ethyl adjacent to an activating group) is 1. The molecule has 1 fully saturated rings. The molecule has 42 heavy (non-hydrogen) atoms. The zero-order valence-electron chi connectivity index (χ0n) is 22.8. The summed E-state index contributed by atoms with van der Waals surface area (Å²) in [6.45, 7) is 1.30. The molecular formula is C30H28F5N3O3S. The number of hydrogen-bond donors (Lipinski definition) is 0. The molecule has 1 aliphatic carbocycles. The van der Waals surface area contributed by atoms with Gasteiger partial charge in [-0.2, -0.15) is 0 Å². The summed E-state index contributed by atoms with van der Waals surface area (Å²) < 4.78 is 76.1.